The number of nitro benzene ring substituents is 1. The van der Waals surface area contributed by atoms with Crippen LogP contribution in [0.4, 0.5) is 5.69 Å². The lowest BCUT2D eigenvalue weighted by atomic mass is 9.95. The maximum atomic E-state index is 12.7. The molecule has 1 unspecified atom stereocenters. The van der Waals surface area contributed by atoms with Crippen molar-refractivity contribution in [2.24, 2.45) is 5.92 Å². The number of non-ortho nitro benzene ring substituents is 1. The topological polar surface area (TPSA) is 92.6 Å². The number of fused-ring (bicyclic) bond motifs is 1. The molecule has 1 aliphatic rings. The molecule has 0 fully saturated rings. The standard InChI is InChI=1S/C18H17N3O4/c1-11(2)16-14-9-8-13(21(24)25)10-15(14)18(23)20(16)19-17(22)12-6-4-3-5-7-12/h3-11,16H,1-2H3,(H,19,22). The van der Waals surface area contributed by atoms with E-state index in [0.29, 0.717) is 11.1 Å². The molecule has 7 nitrogen and oxygen atoms in total. The third-order valence-electron chi connectivity index (χ3n) is 4.18. The zero-order chi connectivity index (χ0) is 18.1. The van der Waals surface area contributed by atoms with Crippen LogP contribution in [0.5, 0.6) is 0 Å². The summed E-state index contributed by atoms with van der Waals surface area (Å²) in [4.78, 5) is 35.6. The molecule has 0 spiro atoms. The van der Waals surface area contributed by atoms with E-state index in [1.807, 2.05) is 13.8 Å². The number of hydrogen-bond donors (Lipinski definition) is 1. The Bertz CT molecular complexity index is 849. The van der Waals surface area contributed by atoms with Gasteiger partial charge in [-0.05, 0) is 29.7 Å². The molecule has 0 saturated carbocycles. The summed E-state index contributed by atoms with van der Waals surface area (Å²) in [7, 11) is 0. The summed E-state index contributed by atoms with van der Waals surface area (Å²) in [5.74, 6) is -0.827. The monoisotopic (exact) mass is 339 g/mol. The molecule has 2 amide bonds. The van der Waals surface area contributed by atoms with Gasteiger partial charge in [-0.1, -0.05) is 32.0 Å². The molecule has 0 radical (unpaired) electrons. The third-order valence-corrected chi connectivity index (χ3v) is 4.18. The van der Waals surface area contributed by atoms with Crippen molar-refractivity contribution in [2.75, 3.05) is 0 Å². The summed E-state index contributed by atoms with van der Waals surface area (Å²) in [5.41, 5.74) is 3.86. The lowest BCUT2D eigenvalue weighted by molar-refractivity contribution is -0.384. The first-order valence-electron chi connectivity index (χ1n) is 7.88. The van der Waals surface area contributed by atoms with E-state index in [2.05, 4.69) is 5.43 Å². The summed E-state index contributed by atoms with van der Waals surface area (Å²) in [5, 5.41) is 12.3. The quantitative estimate of drug-likeness (QED) is 0.684. The second-order valence-corrected chi connectivity index (χ2v) is 6.20. The zero-order valence-electron chi connectivity index (χ0n) is 13.8. The molecule has 1 heterocycles. The predicted molar refractivity (Wildman–Crippen MR) is 90.8 cm³/mol. The second-order valence-electron chi connectivity index (χ2n) is 6.20. The maximum Gasteiger partial charge on any atom is 0.273 e. The van der Waals surface area contributed by atoms with Gasteiger partial charge in [-0.15, -0.1) is 0 Å². The fourth-order valence-corrected chi connectivity index (χ4v) is 3.04. The van der Waals surface area contributed by atoms with Crippen LogP contribution in [-0.4, -0.2) is 21.7 Å². The molecule has 128 valence electrons. The number of carbonyl (C=O) groups excluding carboxylic acids is 2. The molecule has 0 aliphatic carbocycles. The molecule has 1 atom stereocenters. The van der Waals surface area contributed by atoms with E-state index in [9.17, 15) is 19.7 Å². The summed E-state index contributed by atoms with van der Waals surface area (Å²) in [6.45, 7) is 3.85. The number of rotatable bonds is 4. The van der Waals surface area contributed by atoms with Gasteiger partial charge in [0.25, 0.3) is 17.5 Å². The van der Waals surface area contributed by atoms with Crippen molar-refractivity contribution in [3.05, 3.63) is 75.3 Å². The first-order chi connectivity index (χ1) is 11.9. The minimum absolute atomic E-state index is 0.0164. The summed E-state index contributed by atoms with van der Waals surface area (Å²) >= 11 is 0. The van der Waals surface area contributed by atoms with Gasteiger partial charge in [0, 0.05) is 17.7 Å². The van der Waals surface area contributed by atoms with Gasteiger partial charge in [-0.2, -0.15) is 0 Å². The minimum atomic E-state index is -0.539. The Morgan fingerprint density at radius 3 is 2.48 bits per heavy atom. The largest absolute Gasteiger partial charge is 0.273 e. The van der Waals surface area contributed by atoms with E-state index < -0.39 is 16.7 Å². The van der Waals surface area contributed by atoms with E-state index in [0.717, 1.165) is 0 Å². The van der Waals surface area contributed by atoms with Crippen LogP contribution >= 0.6 is 0 Å². The first kappa shape index (κ1) is 16.6. The predicted octanol–water partition coefficient (Wildman–Crippen LogP) is 3.09. The summed E-state index contributed by atoms with van der Waals surface area (Å²) in [6.07, 6.45) is 0. The van der Waals surface area contributed by atoms with E-state index in [1.165, 1.54) is 17.1 Å². The van der Waals surface area contributed by atoms with Crippen LogP contribution in [0.2, 0.25) is 0 Å². The van der Waals surface area contributed by atoms with E-state index in [4.69, 9.17) is 0 Å². The third kappa shape index (κ3) is 2.96. The summed E-state index contributed by atoms with van der Waals surface area (Å²) < 4.78 is 0. The highest BCUT2D eigenvalue weighted by Gasteiger charge is 2.40. The number of hydrogen-bond acceptors (Lipinski definition) is 4. The average molecular weight is 339 g/mol. The molecule has 2 aromatic carbocycles. The number of amides is 2. The number of benzene rings is 2. The van der Waals surface area contributed by atoms with Crippen molar-refractivity contribution in [2.45, 2.75) is 19.9 Å². The van der Waals surface area contributed by atoms with Crippen molar-refractivity contribution in [3.63, 3.8) is 0 Å². The minimum Gasteiger partial charge on any atom is -0.267 e. The van der Waals surface area contributed by atoms with Crippen LogP contribution in [0.3, 0.4) is 0 Å². The Morgan fingerprint density at radius 2 is 1.88 bits per heavy atom. The lowest BCUT2D eigenvalue weighted by Crippen LogP contribution is -2.45. The first-order valence-corrected chi connectivity index (χ1v) is 7.88. The SMILES string of the molecule is CC(C)C1c2ccc([N+](=O)[O-])cc2C(=O)N1NC(=O)c1ccccc1. The highest BCUT2D eigenvalue weighted by Crippen LogP contribution is 2.38. The molecule has 0 saturated heterocycles. The van der Waals surface area contributed by atoms with Crippen LogP contribution in [-0.2, 0) is 0 Å². The van der Waals surface area contributed by atoms with Crippen molar-refractivity contribution in [1.82, 2.24) is 10.4 Å². The van der Waals surface area contributed by atoms with Gasteiger partial charge >= 0.3 is 0 Å². The molecular weight excluding hydrogens is 322 g/mol. The van der Waals surface area contributed by atoms with Gasteiger partial charge in [0.15, 0.2) is 0 Å². The van der Waals surface area contributed by atoms with Crippen LogP contribution in [0.25, 0.3) is 0 Å². The lowest BCUT2D eigenvalue weighted by Gasteiger charge is -2.28. The Morgan fingerprint density at radius 1 is 1.20 bits per heavy atom. The van der Waals surface area contributed by atoms with Gasteiger partial charge in [-0.25, -0.2) is 5.01 Å². The number of nitrogens with one attached hydrogen (secondary N) is 1. The van der Waals surface area contributed by atoms with Gasteiger partial charge in [0.05, 0.1) is 16.5 Å². The molecule has 0 aromatic heterocycles. The second kappa shape index (κ2) is 6.35. The molecule has 1 N–H and O–H groups in total. The number of hydrazine groups is 1. The fraction of sp³-hybridized carbons (Fsp3) is 0.222. The number of carbonyl (C=O) groups is 2. The molecule has 3 rings (SSSR count). The van der Waals surface area contributed by atoms with Crippen LogP contribution in [0.15, 0.2) is 48.5 Å². The van der Waals surface area contributed by atoms with Crippen LogP contribution in [0, 0.1) is 16.0 Å². The molecule has 7 heteroatoms. The van der Waals surface area contributed by atoms with E-state index in [-0.39, 0.29) is 23.2 Å². The van der Waals surface area contributed by atoms with Gasteiger partial charge in [-0.3, -0.25) is 25.1 Å². The molecular formula is C18H17N3O4. The average Bonchev–Trinajstić information content (AvgIpc) is 2.87. The van der Waals surface area contributed by atoms with E-state index in [1.54, 1.807) is 36.4 Å². The fourth-order valence-electron chi connectivity index (χ4n) is 3.04. The Kier molecular flexibility index (Phi) is 4.22. The van der Waals surface area contributed by atoms with E-state index >= 15 is 0 Å². The molecule has 2 aromatic rings. The van der Waals surface area contributed by atoms with Crippen molar-refractivity contribution < 1.29 is 14.5 Å². The van der Waals surface area contributed by atoms with Gasteiger partial charge in [0.1, 0.15) is 0 Å². The van der Waals surface area contributed by atoms with Crippen LogP contribution in [0.1, 0.15) is 46.2 Å². The normalized spacial score (nSPS) is 16.0. The highest BCUT2D eigenvalue weighted by atomic mass is 16.6. The van der Waals surface area contributed by atoms with Crippen molar-refractivity contribution >= 4 is 17.5 Å². The highest BCUT2D eigenvalue weighted by molar-refractivity contribution is 6.02. The molecule has 1 aliphatic heterocycles. The maximum absolute atomic E-state index is 12.7. The molecule has 25 heavy (non-hydrogen) atoms. The Hall–Kier alpha value is -3.22. The van der Waals surface area contributed by atoms with Gasteiger partial charge < -0.3 is 0 Å². The Labute approximate surface area is 144 Å². The van der Waals surface area contributed by atoms with Crippen LogP contribution < -0.4 is 5.43 Å². The Balaban J connectivity index is 1.95. The number of nitrogens with zero attached hydrogens (tertiary/aromatic N) is 2. The smallest absolute Gasteiger partial charge is 0.267 e. The van der Waals surface area contributed by atoms with Gasteiger partial charge in [0.2, 0.25) is 0 Å². The summed E-state index contributed by atoms with van der Waals surface area (Å²) in [6, 6.07) is 12.4. The zero-order valence-corrected chi connectivity index (χ0v) is 13.8. The van der Waals surface area contributed by atoms with Crippen molar-refractivity contribution in [1.29, 1.82) is 0 Å². The van der Waals surface area contributed by atoms with Crippen molar-refractivity contribution in [3.8, 4) is 0 Å². The molecule has 0 bridgehead atoms. The number of nitro groups is 1.